The number of allylic oxidation sites excluding steroid dienone is 1. The van der Waals surface area contributed by atoms with Crippen molar-refractivity contribution in [2.75, 3.05) is 0 Å². The van der Waals surface area contributed by atoms with Gasteiger partial charge in [0.2, 0.25) is 10.3 Å². The first-order valence-electron chi connectivity index (χ1n) is 4.37. The summed E-state index contributed by atoms with van der Waals surface area (Å²) in [6.07, 6.45) is 2.14. The SMILES string of the molecule is CCC1=C(C)C(N)=CC(=S(=O)=O)C1N. The van der Waals surface area contributed by atoms with Crippen LogP contribution < -0.4 is 11.5 Å². The smallest absolute Gasteiger partial charge is 0.219 e. The average Bonchev–Trinajstić information content (AvgIpc) is 2.12. The summed E-state index contributed by atoms with van der Waals surface area (Å²) < 4.78 is 21.7. The van der Waals surface area contributed by atoms with Crippen LogP contribution in [0.1, 0.15) is 20.3 Å². The molecule has 0 bridgehead atoms. The second kappa shape index (κ2) is 3.98. The quantitative estimate of drug-likeness (QED) is 0.599. The molecule has 0 aromatic rings. The zero-order chi connectivity index (χ0) is 10.9. The summed E-state index contributed by atoms with van der Waals surface area (Å²) in [7, 11) is -2.29. The van der Waals surface area contributed by atoms with E-state index in [9.17, 15) is 8.42 Å². The second-order valence-corrected chi connectivity index (χ2v) is 4.16. The molecule has 4 N–H and O–H groups in total. The van der Waals surface area contributed by atoms with Crippen LogP contribution in [0.2, 0.25) is 0 Å². The maximum absolute atomic E-state index is 10.8. The first-order valence-corrected chi connectivity index (χ1v) is 5.45. The van der Waals surface area contributed by atoms with Crippen LogP contribution >= 0.6 is 0 Å². The van der Waals surface area contributed by atoms with Gasteiger partial charge in [-0.25, -0.2) is 0 Å². The van der Waals surface area contributed by atoms with Gasteiger partial charge in [0.05, 0.1) is 10.9 Å². The van der Waals surface area contributed by atoms with Crippen LogP contribution in [0.15, 0.2) is 22.9 Å². The highest BCUT2D eigenvalue weighted by atomic mass is 32.2. The van der Waals surface area contributed by atoms with E-state index in [1.54, 1.807) is 0 Å². The monoisotopic (exact) mass is 214 g/mol. The number of hydrogen-bond acceptors (Lipinski definition) is 4. The van der Waals surface area contributed by atoms with E-state index < -0.39 is 16.3 Å². The predicted molar refractivity (Wildman–Crippen MR) is 57.2 cm³/mol. The second-order valence-electron chi connectivity index (χ2n) is 3.22. The molecule has 5 heteroatoms. The van der Waals surface area contributed by atoms with E-state index in [2.05, 4.69) is 0 Å². The van der Waals surface area contributed by atoms with Crippen molar-refractivity contribution in [1.82, 2.24) is 0 Å². The molecular weight excluding hydrogens is 200 g/mol. The Hall–Kier alpha value is -1.07. The van der Waals surface area contributed by atoms with Crippen LogP contribution in [0.4, 0.5) is 0 Å². The Morgan fingerprint density at radius 1 is 1.50 bits per heavy atom. The van der Waals surface area contributed by atoms with Gasteiger partial charge < -0.3 is 11.5 Å². The molecule has 0 heterocycles. The molecule has 1 rings (SSSR count). The standard InChI is InChI=1S/C9H14N2O2S/c1-3-6-5(2)7(10)4-8(9(6)11)14(12)13/h4,9H,3,10-11H2,1-2H3. The van der Waals surface area contributed by atoms with Crippen LogP contribution in [0.5, 0.6) is 0 Å². The zero-order valence-corrected chi connectivity index (χ0v) is 9.06. The molecule has 0 aliphatic heterocycles. The fourth-order valence-electron chi connectivity index (χ4n) is 1.58. The van der Waals surface area contributed by atoms with E-state index in [1.807, 2.05) is 13.8 Å². The fraction of sp³-hybridized carbons (Fsp3) is 0.444. The molecule has 0 aromatic heterocycles. The highest BCUT2D eigenvalue weighted by Crippen LogP contribution is 2.21. The minimum atomic E-state index is -2.29. The van der Waals surface area contributed by atoms with Crippen LogP contribution in [0, 0.1) is 0 Å². The molecule has 0 spiro atoms. The molecule has 78 valence electrons. The van der Waals surface area contributed by atoms with Crippen LogP contribution in [-0.2, 0) is 10.3 Å². The number of rotatable bonds is 1. The van der Waals surface area contributed by atoms with Crippen LogP contribution in [0.3, 0.4) is 0 Å². The van der Waals surface area contributed by atoms with E-state index in [-0.39, 0.29) is 4.86 Å². The molecule has 0 saturated heterocycles. The van der Waals surface area contributed by atoms with Crippen molar-refractivity contribution in [1.29, 1.82) is 0 Å². The summed E-state index contributed by atoms with van der Waals surface area (Å²) in [5.41, 5.74) is 13.8. The van der Waals surface area contributed by atoms with Gasteiger partial charge in [-0.3, -0.25) is 0 Å². The molecule has 0 radical (unpaired) electrons. The van der Waals surface area contributed by atoms with Crippen molar-refractivity contribution >= 4 is 15.2 Å². The van der Waals surface area contributed by atoms with E-state index in [1.165, 1.54) is 6.08 Å². The van der Waals surface area contributed by atoms with Crippen molar-refractivity contribution in [2.24, 2.45) is 11.5 Å². The normalized spacial score (nSPS) is 22.4. The topological polar surface area (TPSA) is 86.2 Å². The van der Waals surface area contributed by atoms with Crippen LogP contribution in [0.25, 0.3) is 0 Å². The molecular formula is C9H14N2O2S. The van der Waals surface area contributed by atoms with Gasteiger partial charge in [-0.1, -0.05) is 6.92 Å². The lowest BCUT2D eigenvalue weighted by Gasteiger charge is -2.22. The highest BCUT2D eigenvalue weighted by molar-refractivity contribution is 7.73. The maximum atomic E-state index is 10.8. The summed E-state index contributed by atoms with van der Waals surface area (Å²) in [5, 5.41) is 0. The minimum absolute atomic E-state index is 0.171. The molecule has 14 heavy (non-hydrogen) atoms. The maximum Gasteiger partial charge on any atom is 0.219 e. The van der Waals surface area contributed by atoms with E-state index in [0.717, 1.165) is 11.1 Å². The molecule has 0 saturated carbocycles. The van der Waals surface area contributed by atoms with Gasteiger partial charge >= 0.3 is 0 Å². The fourth-order valence-corrected chi connectivity index (χ4v) is 2.15. The largest absolute Gasteiger partial charge is 0.398 e. The van der Waals surface area contributed by atoms with Gasteiger partial charge in [-0.15, -0.1) is 0 Å². The summed E-state index contributed by atoms with van der Waals surface area (Å²) in [6, 6.07) is -0.536. The molecule has 1 aliphatic carbocycles. The van der Waals surface area contributed by atoms with Gasteiger partial charge in [0.1, 0.15) is 0 Å². The Balaban J connectivity index is 3.39. The third-order valence-electron chi connectivity index (χ3n) is 2.47. The Morgan fingerprint density at radius 2 is 2.07 bits per heavy atom. The molecule has 4 nitrogen and oxygen atoms in total. The third-order valence-corrected chi connectivity index (χ3v) is 3.22. The highest BCUT2D eigenvalue weighted by Gasteiger charge is 2.22. The number of hydrogen-bond donors (Lipinski definition) is 2. The summed E-state index contributed by atoms with van der Waals surface area (Å²) in [5.74, 6) is 0. The van der Waals surface area contributed by atoms with E-state index in [0.29, 0.717) is 12.1 Å². The van der Waals surface area contributed by atoms with Crippen LogP contribution in [-0.4, -0.2) is 19.3 Å². The Morgan fingerprint density at radius 3 is 2.50 bits per heavy atom. The molecule has 1 aliphatic rings. The first-order chi connectivity index (χ1) is 6.49. The van der Waals surface area contributed by atoms with Gasteiger partial charge in [-0.2, -0.15) is 8.42 Å². The third kappa shape index (κ3) is 1.73. The number of nitrogens with two attached hydrogens (primary N) is 2. The van der Waals surface area contributed by atoms with Crippen molar-refractivity contribution in [3.05, 3.63) is 22.9 Å². The van der Waals surface area contributed by atoms with Crippen molar-refractivity contribution in [3.8, 4) is 0 Å². The summed E-state index contributed by atoms with van der Waals surface area (Å²) in [4.78, 5) is 0.171. The first kappa shape index (κ1) is 11.0. The predicted octanol–water partition coefficient (Wildman–Crippen LogP) is -0.0521. The summed E-state index contributed by atoms with van der Waals surface area (Å²) in [6.45, 7) is 3.79. The van der Waals surface area contributed by atoms with Gasteiger partial charge in [-0.05, 0) is 30.6 Å². The Labute approximate surface area is 84.8 Å². The van der Waals surface area contributed by atoms with Gasteiger partial charge in [0.15, 0.2) is 0 Å². The summed E-state index contributed by atoms with van der Waals surface area (Å²) >= 11 is 0. The van der Waals surface area contributed by atoms with Gasteiger partial charge in [0.25, 0.3) is 0 Å². The van der Waals surface area contributed by atoms with Crippen molar-refractivity contribution < 1.29 is 8.42 Å². The average molecular weight is 214 g/mol. The van der Waals surface area contributed by atoms with Gasteiger partial charge in [0, 0.05) is 5.70 Å². The van der Waals surface area contributed by atoms with Crippen molar-refractivity contribution in [2.45, 2.75) is 26.3 Å². The molecule has 0 aromatic carbocycles. The Kier molecular flexibility index (Phi) is 3.13. The van der Waals surface area contributed by atoms with E-state index in [4.69, 9.17) is 11.5 Å². The minimum Gasteiger partial charge on any atom is -0.398 e. The zero-order valence-electron chi connectivity index (χ0n) is 8.24. The molecule has 0 amide bonds. The lowest BCUT2D eigenvalue weighted by atomic mass is 9.90. The molecule has 1 unspecified atom stereocenters. The molecule has 1 atom stereocenters. The lowest BCUT2D eigenvalue weighted by molar-refractivity contribution is 0.626. The van der Waals surface area contributed by atoms with Crippen molar-refractivity contribution in [3.63, 3.8) is 0 Å². The molecule has 0 fully saturated rings. The van der Waals surface area contributed by atoms with E-state index >= 15 is 0 Å². The lowest BCUT2D eigenvalue weighted by Crippen LogP contribution is -2.36. The Bertz CT molecular complexity index is 435.